The molecule has 8 rings (SSSR count). The SMILES string of the molecule is COC(=O)N[C@H]1CCCCC/C=C\[C@H]2C[C@@]2(C(=O)NS(=O)(=O)C2CC2)NC(=O)[C@@H]2C[C@@H](Oc3nc(-c4ccc(C(F)(F)F)cc4)nc4c3oc3ccccc34)CN2C1=O. The van der Waals surface area contributed by atoms with Crippen molar-refractivity contribution in [1.82, 2.24) is 30.2 Å². The Bertz CT molecular complexity index is 2450. The maximum absolute atomic E-state index is 14.4. The molecule has 2 aliphatic heterocycles. The Morgan fingerprint density at radius 2 is 1.78 bits per heavy atom. The summed E-state index contributed by atoms with van der Waals surface area (Å²) in [4.78, 5) is 65.5. The molecule has 0 radical (unpaired) electrons. The summed E-state index contributed by atoms with van der Waals surface area (Å²) < 4.78 is 85.5. The minimum absolute atomic E-state index is 0.0266. The predicted octanol–water partition coefficient (Wildman–Crippen LogP) is 5.14. The third-order valence-corrected chi connectivity index (χ3v) is 13.1. The topological polar surface area (TPSA) is 199 Å². The van der Waals surface area contributed by atoms with Crippen molar-refractivity contribution in [2.45, 2.75) is 92.9 Å². The largest absolute Gasteiger partial charge is 0.470 e. The van der Waals surface area contributed by atoms with Crippen molar-refractivity contribution in [2.75, 3.05) is 13.7 Å². The first kappa shape index (κ1) is 40.1. The second-order valence-electron chi connectivity index (χ2n) is 15.4. The molecule has 2 aliphatic carbocycles. The molecule has 4 aromatic rings. The molecule has 3 N–H and O–H groups in total. The first-order valence-corrected chi connectivity index (χ1v) is 20.9. The lowest BCUT2D eigenvalue weighted by Crippen LogP contribution is -2.58. The summed E-state index contributed by atoms with van der Waals surface area (Å²) in [6.07, 6.45) is 1.00. The fourth-order valence-electron chi connectivity index (χ4n) is 7.79. The number of carbonyl (C=O) groups excluding carboxylic acids is 4. The monoisotopic (exact) mass is 838 g/mol. The van der Waals surface area contributed by atoms with E-state index < -0.39 is 80.5 Å². The number of nitrogens with zero attached hydrogens (tertiary/aromatic N) is 3. The zero-order valence-corrected chi connectivity index (χ0v) is 32.6. The summed E-state index contributed by atoms with van der Waals surface area (Å²) in [6, 6.07) is 8.89. The van der Waals surface area contributed by atoms with Crippen LogP contribution in [0.2, 0.25) is 0 Å². The van der Waals surface area contributed by atoms with E-state index in [0.717, 1.165) is 25.7 Å². The fourth-order valence-corrected chi connectivity index (χ4v) is 9.15. The van der Waals surface area contributed by atoms with Crippen molar-refractivity contribution in [1.29, 1.82) is 0 Å². The van der Waals surface area contributed by atoms with Crippen LogP contribution in [-0.2, 0) is 35.3 Å². The van der Waals surface area contributed by atoms with Crippen LogP contribution in [0, 0.1) is 5.92 Å². The lowest BCUT2D eigenvalue weighted by atomic mass is 10.1. The van der Waals surface area contributed by atoms with Gasteiger partial charge >= 0.3 is 12.3 Å². The summed E-state index contributed by atoms with van der Waals surface area (Å²) in [5, 5.41) is 5.28. The summed E-state index contributed by atoms with van der Waals surface area (Å²) in [5.74, 6) is -2.80. The van der Waals surface area contributed by atoms with E-state index in [0.29, 0.717) is 48.6 Å². The van der Waals surface area contributed by atoms with Crippen molar-refractivity contribution in [3.63, 3.8) is 0 Å². The number of alkyl carbamates (subject to hydrolysis) is 1. The van der Waals surface area contributed by atoms with E-state index >= 15 is 0 Å². The number of furan rings is 1. The number of allylic oxidation sites excluding steroid dienone is 1. The molecule has 4 amide bonds. The van der Waals surface area contributed by atoms with Gasteiger partial charge in [-0.3, -0.25) is 19.1 Å². The van der Waals surface area contributed by atoms with E-state index in [4.69, 9.17) is 13.9 Å². The Kier molecular flexibility index (Phi) is 10.5. The zero-order valence-electron chi connectivity index (χ0n) is 31.8. The van der Waals surface area contributed by atoms with Crippen LogP contribution >= 0.6 is 0 Å². The van der Waals surface area contributed by atoms with Crippen LogP contribution in [0.25, 0.3) is 33.5 Å². The van der Waals surface area contributed by atoms with E-state index in [2.05, 4.69) is 25.3 Å². The Balaban J connectivity index is 1.15. The number of amides is 4. The van der Waals surface area contributed by atoms with Crippen molar-refractivity contribution < 1.29 is 54.7 Å². The third kappa shape index (κ3) is 8.16. The first-order valence-electron chi connectivity index (χ1n) is 19.4. The van der Waals surface area contributed by atoms with Crippen LogP contribution in [0.5, 0.6) is 5.88 Å². The van der Waals surface area contributed by atoms with Crippen LogP contribution in [0.3, 0.4) is 0 Å². The quantitative estimate of drug-likeness (QED) is 0.208. The van der Waals surface area contributed by atoms with Crippen molar-refractivity contribution >= 4 is 55.9 Å². The average molecular weight is 839 g/mol. The molecule has 19 heteroatoms. The summed E-state index contributed by atoms with van der Waals surface area (Å²) >= 11 is 0. The highest BCUT2D eigenvalue weighted by Gasteiger charge is 2.62. The summed E-state index contributed by atoms with van der Waals surface area (Å²) in [7, 11) is -2.80. The highest BCUT2D eigenvalue weighted by atomic mass is 32.2. The lowest BCUT2D eigenvalue weighted by molar-refractivity contribution is -0.141. The normalized spacial score (nSPS) is 25.9. The molecular formula is C40H41F3N6O9S. The van der Waals surface area contributed by atoms with Gasteiger partial charge in [-0.1, -0.05) is 49.3 Å². The van der Waals surface area contributed by atoms with Crippen LogP contribution in [-0.4, -0.2) is 89.7 Å². The van der Waals surface area contributed by atoms with E-state index in [-0.39, 0.29) is 48.7 Å². The average Bonchev–Trinajstić information content (AvgIpc) is 4.11. The predicted molar refractivity (Wildman–Crippen MR) is 205 cm³/mol. The molecule has 59 heavy (non-hydrogen) atoms. The summed E-state index contributed by atoms with van der Waals surface area (Å²) in [5.41, 5.74) is -1.35. The van der Waals surface area contributed by atoms with Gasteiger partial charge in [0.25, 0.3) is 11.8 Å². The molecule has 2 aromatic carbocycles. The van der Waals surface area contributed by atoms with E-state index in [1.54, 1.807) is 30.3 Å². The number of methoxy groups -OCH3 is 1. The molecular weight excluding hydrogens is 798 g/mol. The number of para-hydroxylation sites is 1. The van der Waals surface area contributed by atoms with Gasteiger partial charge in [-0.05, 0) is 62.8 Å². The van der Waals surface area contributed by atoms with Gasteiger partial charge in [0.05, 0.1) is 24.5 Å². The van der Waals surface area contributed by atoms with Crippen LogP contribution in [0.15, 0.2) is 65.1 Å². The molecule has 0 unspecified atom stereocenters. The standard InChI is InChI=1S/C40H41F3N6O9S/c1-56-38(53)44-28-11-6-4-2-3-5-9-24-20-39(24,37(52)48-59(54,55)26-17-18-26)47-34(50)29-19-25(21-49(29)36(28)51)57-35-32-31(27-10-7-8-12-30(27)58-32)45-33(46-35)22-13-15-23(16-14-22)40(41,42)43/h5,7-10,12-16,24-26,28-29H,2-4,6,11,17-21H2,1H3,(H,44,53)(H,47,50)(H,48,52)/b9-5-/t24-,25+,28-,29-,39+/m0/s1. The zero-order chi connectivity index (χ0) is 41.7. The number of aromatic nitrogens is 2. The van der Waals surface area contributed by atoms with Gasteiger partial charge in [0, 0.05) is 23.3 Å². The number of ether oxygens (including phenoxy) is 2. The smallest absolute Gasteiger partial charge is 0.416 e. The Labute approximate surface area is 336 Å². The molecule has 15 nitrogen and oxygen atoms in total. The number of hydrogen-bond donors (Lipinski definition) is 3. The molecule has 0 bridgehead atoms. The fraction of sp³-hybridized carbons (Fsp3) is 0.450. The van der Waals surface area contributed by atoms with Gasteiger partial charge in [-0.2, -0.15) is 18.2 Å². The van der Waals surface area contributed by atoms with E-state index in [9.17, 15) is 40.8 Å². The van der Waals surface area contributed by atoms with Gasteiger partial charge in [0.1, 0.15) is 34.8 Å². The number of benzene rings is 2. The Morgan fingerprint density at radius 3 is 2.51 bits per heavy atom. The molecule has 4 heterocycles. The van der Waals surface area contributed by atoms with Crippen molar-refractivity contribution in [3.8, 4) is 17.3 Å². The minimum Gasteiger partial charge on any atom is -0.470 e. The number of hydrogen-bond acceptors (Lipinski definition) is 11. The van der Waals surface area contributed by atoms with Gasteiger partial charge in [0.15, 0.2) is 5.82 Å². The number of alkyl halides is 3. The highest BCUT2D eigenvalue weighted by Crippen LogP contribution is 2.46. The molecule has 3 fully saturated rings. The highest BCUT2D eigenvalue weighted by molar-refractivity contribution is 7.91. The number of nitrogens with one attached hydrogen (secondary N) is 3. The Hall–Kier alpha value is -5.72. The second-order valence-corrected chi connectivity index (χ2v) is 17.3. The molecule has 312 valence electrons. The molecule has 1 saturated heterocycles. The van der Waals surface area contributed by atoms with E-state index in [1.807, 2.05) is 6.08 Å². The number of halogens is 3. The summed E-state index contributed by atoms with van der Waals surface area (Å²) in [6.45, 7) is -0.198. The van der Waals surface area contributed by atoms with Gasteiger partial charge < -0.3 is 29.4 Å². The maximum Gasteiger partial charge on any atom is 0.416 e. The third-order valence-electron chi connectivity index (χ3n) is 11.3. The number of carbonyl (C=O) groups is 4. The molecule has 5 atom stereocenters. The van der Waals surface area contributed by atoms with Crippen LogP contribution in [0.1, 0.15) is 63.4 Å². The number of fused-ring (bicyclic) bond motifs is 5. The van der Waals surface area contributed by atoms with Gasteiger partial charge in [0.2, 0.25) is 27.4 Å². The van der Waals surface area contributed by atoms with Crippen molar-refractivity contribution in [2.24, 2.45) is 5.92 Å². The number of rotatable bonds is 7. The number of sulfonamides is 1. The van der Waals surface area contributed by atoms with Gasteiger partial charge in [-0.15, -0.1) is 0 Å². The molecule has 0 spiro atoms. The first-order chi connectivity index (χ1) is 28.2. The molecule has 2 aromatic heterocycles. The Morgan fingerprint density at radius 1 is 1.02 bits per heavy atom. The van der Waals surface area contributed by atoms with Gasteiger partial charge in [-0.25, -0.2) is 18.2 Å². The van der Waals surface area contributed by atoms with Crippen LogP contribution < -0.4 is 20.1 Å². The minimum atomic E-state index is -4.57. The van der Waals surface area contributed by atoms with Crippen LogP contribution in [0.4, 0.5) is 18.0 Å². The molecule has 2 saturated carbocycles. The maximum atomic E-state index is 14.4. The second kappa shape index (κ2) is 15.5. The lowest BCUT2D eigenvalue weighted by Gasteiger charge is -2.29. The molecule has 4 aliphatic rings. The van der Waals surface area contributed by atoms with Crippen molar-refractivity contribution in [3.05, 3.63) is 66.2 Å². The van der Waals surface area contributed by atoms with E-state index in [1.165, 1.54) is 17.0 Å².